The van der Waals surface area contributed by atoms with E-state index in [1.807, 2.05) is 60.7 Å². The van der Waals surface area contributed by atoms with Crippen LogP contribution in [0.3, 0.4) is 0 Å². The van der Waals surface area contributed by atoms with E-state index in [2.05, 4.69) is 21.3 Å². The van der Waals surface area contributed by atoms with Crippen LogP contribution in [0.1, 0.15) is 19.3 Å². The summed E-state index contributed by atoms with van der Waals surface area (Å²) in [5.74, 6) is -6.89. The largest absolute Gasteiger partial charge is 0.481 e. The van der Waals surface area contributed by atoms with E-state index >= 15 is 0 Å². The Morgan fingerprint density at radius 3 is 1.34 bits per heavy atom. The zero-order valence-electron chi connectivity index (χ0n) is 25.4. The Morgan fingerprint density at radius 1 is 0.574 bits per heavy atom. The van der Waals surface area contributed by atoms with Gasteiger partial charge in [-0.1, -0.05) is 60.7 Å². The highest BCUT2D eigenvalue weighted by Gasteiger charge is 2.40. The third kappa shape index (κ3) is 8.10. The van der Waals surface area contributed by atoms with Gasteiger partial charge in [-0.15, -0.1) is 0 Å². The predicted molar refractivity (Wildman–Crippen MR) is 175 cm³/mol. The van der Waals surface area contributed by atoms with Crippen molar-refractivity contribution in [2.75, 3.05) is 23.8 Å². The topological polar surface area (TPSA) is 194 Å². The number of aliphatic hydroxyl groups is 2. The molecule has 47 heavy (non-hydrogen) atoms. The lowest BCUT2D eigenvalue weighted by Crippen LogP contribution is -2.52. The van der Waals surface area contributed by atoms with Crippen LogP contribution in [0.2, 0.25) is 0 Å². The van der Waals surface area contributed by atoms with Crippen molar-refractivity contribution in [2.45, 2.75) is 31.3 Å². The highest BCUT2D eigenvalue weighted by Crippen LogP contribution is 2.34. The van der Waals surface area contributed by atoms with Gasteiger partial charge in [-0.3, -0.25) is 24.0 Å². The Morgan fingerprint density at radius 2 is 0.957 bits per heavy atom. The zero-order chi connectivity index (χ0) is 33.5. The van der Waals surface area contributed by atoms with E-state index in [9.17, 15) is 39.3 Å². The molecule has 1 aliphatic carbocycles. The Kier molecular flexibility index (Phi) is 10.4. The molecule has 244 valence electrons. The van der Waals surface area contributed by atoms with Gasteiger partial charge in [0.15, 0.2) is 0 Å². The van der Waals surface area contributed by atoms with Gasteiger partial charge in [-0.25, -0.2) is 0 Å². The van der Waals surface area contributed by atoms with Gasteiger partial charge in [0.25, 0.3) is 0 Å². The molecule has 4 aromatic rings. The number of rotatable bonds is 11. The summed E-state index contributed by atoms with van der Waals surface area (Å²) in [6.07, 6.45) is -0.223. The summed E-state index contributed by atoms with van der Waals surface area (Å²) in [7, 11) is 0. The lowest BCUT2D eigenvalue weighted by atomic mass is 9.74. The molecule has 4 amide bonds. The molecule has 4 aromatic carbocycles. The van der Waals surface area contributed by atoms with Crippen LogP contribution in [0.25, 0.3) is 21.5 Å². The number of hydrogen-bond donors (Lipinski definition) is 7. The smallest absolute Gasteiger partial charge is 0.306 e. The molecule has 5 rings (SSSR count). The zero-order valence-corrected chi connectivity index (χ0v) is 25.4. The predicted octanol–water partition coefficient (Wildman–Crippen LogP) is 2.64. The van der Waals surface area contributed by atoms with Gasteiger partial charge in [-0.2, -0.15) is 0 Å². The normalized spacial score (nSPS) is 18.9. The Bertz CT molecular complexity index is 1690. The summed E-state index contributed by atoms with van der Waals surface area (Å²) in [6.45, 7) is -1.43. The van der Waals surface area contributed by atoms with Crippen molar-refractivity contribution < 1.29 is 39.3 Å². The van der Waals surface area contributed by atoms with Gasteiger partial charge in [0.05, 0.1) is 19.1 Å². The number of aliphatic hydroxyl groups excluding tert-OH is 2. The monoisotopic (exact) mass is 640 g/mol. The maximum atomic E-state index is 13.3. The minimum absolute atomic E-state index is 0.0592. The van der Waals surface area contributed by atoms with Crippen LogP contribution in [-0.4, -0.2) is 70.2 Å². The number of carbonyl (C=O) groups excluding carboxylic acids is 4. The molecule has 0 bridgehead atoms. The summed E-state index contributed by atoms with van der Waals surface area (Å²) in [4.78, 5) is 64.5. The second-order valence-electron chi connectivity index (χ2n) is 11.7. The molecule has 7 N–H and O–H groups in total. The Labute approximate surface area is 270 Å². The Hall–Kier alpha value is -5.33. The molecule has 1 saturated carbocycles. The van der Waals surface area contributed by atoms with Gasteiger partial charge >= 0.3 is 5.97 Å². The van der Waals surface area contributed by atoms with E-state index in [1.54, 1.807) is 24.3 Å². The van der Waals surface area contributed by atoms with Crippen LogP contribution in [0.5, 0.6) is 0 Å². The maximum Gasteiger partial charge on any atom is 0.306 e. The molecular formula is C35H36N4O8. The van der Waals surface area contributed by atoms with Crippen LogP contribution in [-0.2, 0) is 24.0 Å². The molecule has 0 radical (unpaired) electrons. The molecule has 0 aromatic heterocycles. The average molecular weight is 641 g/mol. The van der Waals surface area contributed by atoms with Crippen molar-refractivity contribution in [3.05, 3.63) is 84.9 Å². The molecule has 0 heterocycles. The molecule has 1 aliphatic rings. The fourth-order valence-corrected chi connectivity index (χ4v) is 5.91. The van der Waals surface area contributed by atoms with Gasteiger partial charge in [0, 0.05) is 23.2 Å². The van der Waals surface area contributed by atoms with Crippen LogP contribution in [0.15, 0.2) is 84.9 Å². The van der Waals surface area contributed by atoms with Gasteiger partial charge < -0.3 is 36.6 Å². The van der Waals surface area contributed by atoms with Crippen molar-refractivity contribution in [3.63, 3.8) is 0 Å². The van der Waals surface area contributed by atoms with Crippen molar-refractivity contribution in [1.29, 1.82) is 0 Å². The summed E-state index contributed by atoms with van der Waals surface area (Å²) >= 11 is 0. The highest BCUT2D eigenvalue weighted by atomic mass is 16.4. The number of carboxylic acids is 1. The molecular weight excluding hydrogens is 604 g/mol. The third-order valence-corrected chi connectivity index (χ3v) is 8.46. The number of fused-ring (bicyclic) bond motifs is 2. The van der Waals surface area contributed by atoms with Gasteiger partial charge in [0.2, 0.25) is 23.6 Å². The highest BCUT2D eigenvalue weighted by molar-refractivity contribution is 6.00. The number of aliphatic carboxylic acids is 1. The van der Waals surface area contributed by atoms with Crippen molar-refractivity contribution in [2.24, 2.45) is 17.8 Å². The fourth-order valence-electron chi connectivity index (χ4n) is 5.91. The minimum atomic E-state index is -1.33. The van der Waals surface area contributed by atoms with E-state index in [1.165, 1.54) is 0 Å². The maximum absolute atomic E-state index is 13.3. The van der Waals surface area contributed by atoms with Crippen LogP contribution < -0.4 is 21.3 Å². The first-order chi connectivity index (χ1) is 22.6. The van der Waals surface area contributed by atoms with Crippen LogP contribution in [0, 0.1) is 17.8 Å². The number of hydrogen-bond acceptors (Lipinski definition) is 7. The lowest BCUT2D eigenvalue weighted by molar-refractivity contribution is -0.147. The molecule has 12 nitrogen and oxygen atoms in total. The Balaban J connectivity index is 1.21. The molecule has 12 heteroatoms. The van der Waals surface area contributed by atoms with Crippen LogP contribution >= 0.6 is 0 Å². The number of anilines is 2. The molecule has 1 fully saturated rings. The summed E-state index contributed by atoms with van der Waals surface area (Å²) in [5, 5.41) is 43.7. The number of carboxylic acid groups (broad SMARTS) is 1. The summed E-state index contributed by atoms with van der Waals surface area (Å²) in [6, 6.07) is 23.0. The average Bonchev–Trinajstić information content (AvgIpc) is 3.08. The molecule has 0 saturated heterocycles. The third-order valence-electron chi connectivity index (χ3n) is 8.46. The molecule has 1 unspecified atom stereocenters. The number of amides is 4. The standard InChI is InChI=1S/C35H36N4O8/c40-18-29(33(44)36-27-11-9-20-5-1-3-7-22(20)16-27)38-31(42)24-13-25(15-26(14-24)35(46)47)32(43)39-30(19-41)34(45)37-28-12-10-21-6-2-4-8-23(21)17-28/h1-12,16-17,24-26,29-30,40-41H,13-15,18-19H2,(H,36,44)(H,37,45)(H,38,42)(H,39,43)(H,46,47)/t24-,25+,26?,29-,30-/m0/s1. The molecule has 5 atom stereocenters. The second kappa shape index (κ2) is 14.8. The SMILES string of the molecule is O=C(O)C1C[C@@H](C(=O)N[C@@H](CO)C(=O)Nc2ccc3ccccc3c2)C[C@@H](C(=O)N[C@@H](CO)C(=O)Nc2ccc3ccccc3c2)C1. The van der Waals surface area contributed by atoms with E-state index in [0.29, 0.717) is 11.4 Å². The van der Waals surface area contributed by atoms with E-state index in [-0.39, 0.29) is 19.3 Å². The van der Waals surface area contributed by atoms with E-state index in [0.717, 1.165) is 21.5 Å². The fraction of sp³-hybridized carbons (Fsp3) is 0.286. The summed E-state index contributed by atoms with van der Waals surface area (Å²) < 4.78 is 0. The second-order valence-corrected chi connectivity index (χ2v) is 11.7. The first-order valence-corrected chi connectivity index (χ1v) is 15.3. The van der Waals surface area contributed by atoms with Crippen molar-refractivity contribution >= 4 is 62.5 Å². The lowest BCUT2D eigenvalue weighted by Gasteiger charge is -2.33. The van der Waals surface area contributed by atoms with Gasteiger partial charge in [0.1, 0.15) is 12.1 Å². The summed E-state index contributed by atoms with van der Waals surface area (Å²) in [5.41, 5.74) is 0.926. The molecule has 0 spiro atoms. The first kappa shape index (κ1) is 33.0. The van der Waals surface area contributed by atoms with Crippen LogP contribution in [0.4, 0.5) is 11.4 Å². The quantitative estimate of drug-likeness (QED) is 0.130. The van der Waals surface area contributed by atoms with Crippen molar-refractivity contribution in [1.82, 2.24) is 10.6 Å². The van der Waals surface area contributed by atoms with Crippen molar-refractivity contribution in [3.8, 4) is 0 Å². The number of nitrogens with one attached hydrogen (secondary N) is 4. The van der Waals surface area contributed by atoms with E-state index < -0.39 is 72.6 Å². The van der Waals surface area contributed by atoms with Gasteiger partial charge in [-0.05, 0) is 65.1 Å². The van der Waals surface area contributed by atoms with E-state index in [4.69, 9.17) is 0 Å². The number of benzene rings is 4. The molecule has 0 aliphatic heterocycles. The number of carbonyl (C=O) groups is 5. The minimum Gasteiger partial charge on any atom is -0.481 e. The first-order valence-electron chi connectivity index (χ1n) is 15.3.